The van der Waals surface area contributed by atoms with Gasteiger partial charge in [0.05, 0.1) is 44.2 Å². The number of anilines is 1. The molecule has 0 radical (unpaired) electrons. The molecule has 1 N–H and O–H groups in total. The molecule has 0 fully saturated rings. The Hall–Kier alpha value is -4.41. The quantitative estimate of drug-likeness (QED) is 0.127. The van der Waals surface area contributed by atoms with E-state index >= 15 is 0 Å². The number of fused-ring (bicyclic) bond motifs is 1. The lowest BCUT2D eigenvalue weighted by molar-refractivity contribution is -0.461. The van der Waals surface area contributed by atoms with Crippen molar-refractivity contribution in [3.63, 3.8) is 0 Å². The van der Waals surface area contributed by atoms with Gasteiger partial charge in [0, 0.05) is 18.6 Å². The van der Waals surface area contributed by atoms with Gasteiger partial charge in [0.25, 0.3) is 5.91 Å². The van der Waals surface area contributed by atoms with E-state index < -0.39 is 90.7 Å². The van der Waals surface area contributed by atoms with E-state index in [1.54, 1.807) is 26.0 Å². The Labute approximate surface area is 311 Å². The lowest BCUT2D eigenvalue weighted by Gasteiger charge is -2.42. The van der Waals surface area contributed by atoms with Gasteiger partial charge in [-0.15, -0.1) is 0 Å². The summed E-state index contributed by atoms with van der Waals surface area (Å²) in [5.41, 5.74) is 0.428. The summed E-state index contributed by atoms with van der Waals surface area (Å²) in [7, 11) is 2.20. The Morgan fingerprint density at radius 1 is 0.702 bits per heavy atom. The molecule has 1 unspecified atom stereocenters. The Bertz CT molecular complexity index is 1760. The summed E-state index contributed by atoms with van der Waals surface area (Å²) in [5.74, 6) is -58.9. The minimum Gasteiger partial charge on any atom is -0.496 e. The van der Waals surface area contributed by atoms with Gasteiger partial charge in [-0.1, -0.05) is 26.0 Å². The fraction of sp³-hybridized carbons (Fsp3) is 0.576. The number of methoxy groups -OCH3 is 2. The van der Waals surface area contributed by atoms with E-state index in [9.17, 15) is 84.2 Å². The van der Waals surface area contributed by atoms with E-state index in [2.05, 4.69) is 5.32 Å². The highest BCUT2D eigenvalue weighted by molar-refractivity contribution is 6.09. The smallest absolute Gasteiger partial charge is 0.460 e. The second-order valence-electron chi connectivity index (χ2n) is 13.0. The van der Waals surface area contributed by atoms with Crippen LogP contribution in [0.1, 0.15) is 49.0 Å². The van der Waals surface area contributed by atoms with Crippen LogP contribution < -0.4 is 19.5 Å². The fourth-order valence-electron chi connectivity index (χ4n) is 5.50. The van der Waals surface area contributed by atoms with Crippen molar-refractivity contribution in [2.75, 3.05) is 26.1 Å². The molecule has 0 aliphatic carbocycles. The van der Waals surface area contributed by atoms with Crippen molar-refractivity contribution in [1.82, 2.24) is 4.90 Å². The van der Waals surface area contributed by atoms with Crippen molar-refractivity contribution in [1.29, 1.82) is 0 Å². The number of carbonyl (C=O) groups is 2. The van der Waals surface area contributed by atoms with Crippen molar-refractivity contribution < 1.29 is 98.4 Å². The highest BCUT2D eigenvalue weighted by Crippen LogP contribution is 2.64. The number of halogens is 17. The molecule has 1 aliphatic heterocycles. The zero-order chi connectivity index (χ0) is 44.0. The van der Waals surface area contributed by atoms with E-state index in [1.165, 1.54) is 17.0 Å². The first-order chi connectivity index (χ1) is 25.8. The number of para-hydroxylation sites is 1. The highest BCUT2D eigenvalue weighted by Gasteiger charge is 2.95. The molecule has 0 saturated heterocycles. The molecule has 2 aromatic rings. The van der Waals surface area contributed by atoms with Crippen LogP contribution in [0.15, 0.2) is 36.4 Å². The normalized spacial score (nSPS) is 16.7. The molecule has 2 amide bonds. The summed E-state index contributed by atoms with van der Waals surface area (Å²) in [6, 6.07) is 7.06. The van der Waals surface area contributed by atoms with Crippen LogP contribution in [0.3, 0.4) is 0 Å². The zero-order valence-corrected chi connectivity index (χ0v) is 29.6. The van der Waals surface area contributed by atoms with Gasteiger partial charge in [0.15, 0.2) is 0 Å². The van der Waals surface area contributed by atoms with E-state index in [4.69, 9.17) is 14.2 Å². The standard InChI is InChI=1S/C33H31F17N2O5/c1-16(2)12-21-24(53)51-20-9-6-5-8-18(20)25(54)52(21)15-19-22(55-3)13-17(14-23(19)56-4)57-11-7-10-26(34,35)27(36,37)28(38,39)29(40,41)30(42,43)31(44,45)32(46,47)33(48,49)50/h5-6,8-9,13-14,16,21H,7,10-12,15H2,1-4H3,(H,51,53). The maximum Gasteiger partial charge on any atom is 0.460 e. The minimum absolute atomic E-state index is 0.0892. The second-order valence-corrected chi connectivity index (χ2v) is 13.0. The van der Waals surface area contributed by atoms with Crippen molar-refractivity contribution in [3.8, 4) is 17.2 Å². The summed E-state index contributed by atoms with van der Waals surface area (Å²) in [4.78, 5) is 28.2. The maximum absolute atomic E-state index is 14.4. The summed E-state index contributed by atoms with van der Waals surface area (Å²) < 4.78 is 247. The van der Waals surface area contributed by atoms with E-state index in [1.807, 2.05) is 0 Å². The van der Waals surface area contributed by atoms with Gasteiger partial charge in [-0.25, -0.2) is 0 Å². The number of alkyl halides is 17. The van der Waals surface area contributed by atoms with Crippen molar-refractivity contribution in [2.24, 2.45) is 5.92 Å². The lowest BCUT2D eigenvalue weighted by atomic mass is 9.88. The maximum atomic E-state index is 14.4. The number of benzene rings is 2. The van der Waals surface area contributed by atoms with Crippen LogP contribution in [0.2, 0.25) is 0 Å². The molecule has 1 heterocycles. The molecule has 24 heteroatoms. The Morgan fingerprint density at radius 2 is 1.18 bits per heavy atom. The van der Waals surface area contributed by atoms with Crippen LogP contribution in [0.4, 0.5) is 80.3 Å². The van der Waals surface area contributed by atoms with Crippen LogP contribution in [-0.2, 0) is 11.3 Å². The number of nitrogens with one attached hydrogen (secondary N) is 1. The number of hydrogen-bond donors (Lipinski definition) is 1. The van der Waals surface area contributed by atoms with Gasteiger partial charge in [-0.3, -0.25) is 9.59 Å². The lowest BCUT2D eigenvalue weighted by Crippen LogP contribution is -2.74. The molecule has 1 atom stereocenters. The van der Waals surface area contributed by atoms with Crippen LogP contribution in [0.5, 0.6) is 17.2 Å². The SMILES string of the molecule is COc1cc(OCCCC(F)(F)C(F)(F)C(F)(F)C(F)(F)C(F)(F)C(F)(F)C(F)(F)C(F)(F)F)cc(OC)c1CN1C(=O)c2ccccc2NC(=O)C1CC(C)C. The fourth-order valence-corrected chi connectivity index (χ4v) is 5.50. The topological polar surface area (TPSA) is 77.1 Å². The molecule has 57 heavy (non-hydrogen) atoms. The van der Waals surface area contributed by atoms with E-state index in [0.717, 1.165) is 26.4 Å². The van der Waals surface area contributed by atoms with Crippen LogP contribution in [0.25, 0.3) is 0 Å². The molecule has 0 spiro atoms. The number of nitrogens with zero attached hydrogens (tertiary/aromatic N) is 1. The highest BCUT2D eigenvalue weighted by atomic mass is 19.4. The number of hydrogen-bond acceptors (Lipinski definition) is 5. The van der Waals surface area contributed by atoms with Gasteiger partial charge in [0.2, 0.25) is 5.91 Å². The zero-order valence-electron chi connectivity index (χ0n) is 29.6. The number of amides is 2. The largest absolute Gasteiger partial charge is 0.496 e. The van der Waals surface area contributed by atoms with Crippen LogP contribution >= 0.6 is 0 Å². The average molecular weight is 859 g/mol. The second kappa shape index (κ2) is 15.7. The summed E-state index contributed by atoms with van der Waals surface area (Å²) >= 11 is 0. The number of carbonyl (C=O) groups excluding carboxylic acids is 2. The molecule has 0 bridgehead atoms. The molecule has 322 valence electrons. The third kappa shape index (κ3) is 8.04. The molecular formula is C33H31F17N2O5. The first kappa shape index (κ1) is 47.0. The molecule has 3 rings (SSSR count). The van der Waals surface area contributed by atoms with Gasteiger partial charge < -0.3 is 24.4 Å². The minimum atomic E-state index is -8.71. The van der Waals surface area contributed by atoms with Gasteiger partial charge in [-0.05, 0) is 30.9 Å². The number of ether oxygens (including phenoxy) is 3. The molecule has 0 saturated carbocycles. The first-order valence-corrected chi connectivity index (χ1v) is 16.1. The monoisotopic (exact) mass is 858 g/mol. The summed E-state index contributed by atoms with van der Waals surface area (Å²) in [6.07, 6.45) is -11.9. The Kier molecular flexibility index (Phi) is 13.0. The van der Waals surface area contributed by atoms with Crippen molar-refractivity contribution >= 4 is 17.5 Å². The molecule has 2 aromatic carbocycles. The van der Waals surface area contributed by atoms with Gasteiger partial charge in [-0.2, -0.15) is 74.6 Å². The van der Waals surface area contributed by atoms with E-state index in [0.29, 0.717) is 0 Å². The van der Waals surface area contributed by atoms with Crippen molar-refractivity contribution in [2.45, 2.75) is 93.3 Å². The molecule has 0 aromatic heterocycles. The first-order valence-electron chi connectivity index (χ1n) is 16.1. The third-order valence-electron chi connectivity index (χ3n) is 8.65. The summed E-state index contributed by atoms with van der Waals surface area (Å²) in [6.45, 7) is 1.99. The van der Waals surface area contributed by atoms with Gasteiger partial charge >= 0.3 is 47.6 Å². The molecule has 7 nitrogen and oxygen atoms in total. The number of rotatable bonds is 17. The van der Waals surface area contributed by atoms with E-state index in [-0.39, 0.29) is 47.2 Å². The predicted molar refractivity (Wildman–Crippen MR) is 163 cm³/mol. The Balaban J connectivity index is 1.86. The van der Waals surface area contributed by atoms with Crippen LogP contribution in [0, 0.1) is 5.92 Å². The predicted octanol–water partition coefficient (Wildman–Crippen LogP) is 9.88. The Morgan fingerprint density at radius 3 is 1.65 bits per heavy atom. The third-order valence-corrected chi connectivity index (χ3v) is 8.65. The van der Waals surface area contributed by atoms with Crippen LogP contribution in [-0.4, -0.2) is 91.2 Å². The summed E-state index contributed by atoms with van der Waals surface area (Å²) in [5, 5.41) is 2.69. The molecular weight excluding hydrogens is 827 g/mol. The van der Waals surface area contributed by atoms with Gasteiger partial charge in [0.1, 0.15) is 23.3 Å². The van der Waals surface area contributed by atoms with Crippen molar-refractivity contribution in [3.05, 3.63) is 47.5 Å². The molecule has 1 aliphatic rings. The average Bonchev–Trinajstić information content (AvgIpc) is 3.19.